The van der Waals surface area contributed by atoms with Crippen LogP contribution in [0.5, 0.6) is 11.5 Å². The van der Waals surface area contributed by atoms with Gasteiger partial charge in [0.1, 0.15) is 6.61 Å². The monoisotopic (exact) mass is 253 g/mol. The molecule has 17 heavy (non-hydrogen) atoms. The van der Waals surface area contributed by atoms with Gasteiger partial charge in [0.15, 0.2) is 11.5 Å². The largest absolute Gasteiger partial charge is 0.493 e. The Morgan fingerprint density at radius 2 is 2.18 bits per heavy atom. The van der Waals surface area contributed by atoms with Gasteiger partial charge < -0.3 is 14.8 Å². The van der Waals surface area contributed by atoms with Gasteiger partial charge in [0.05, 0.1) is 7.11 Å². The molecule has 1 saturated heterocycles. The van der Waals surface area contributed by atoms with Crippen LogP contribution < -0.4 is 14.8 Å². The third-order valence-electron chi connectivity index (χ3n) is 2.79. The zero-order chi connectivity index (χ0) is 11.9. The summed E-state index contributed by atoms with van der Waals surface area (Å²) >= 11 is 2.02. The molecule has 0 amide bonds. The summed E-state index contributed by atoms with van der Waals surface area (Å²) in [6, 6.07) is 8.42. The lowest BCUT2D eigenvalue weighted by molar-refractivity contribution is 0.288. The van der Waals surface area contributed by atoms with Gasteiger partial charge in [-0.25, -0.2) is 0 Å². The van der Waals surface area contributed by atoms with E-state index in [1.54, 1.807) is 7.11 Å². The lowest BCUT2D eigenvalue weighted by Crippen LogP contribution is -2.32. The molecule has 1 unspecified atom stereocenters. The third-order valence-corrected chi connectivity index (χ3v) is 3.95. The highest BCUT2D eigenvalue weighted by atomic mass is 32.2. The van der Waals surface area contributed by atoms with E-state index in [-0.39, 0.29) is 0 Å². The van der Waals surface area contributed by atoms with Crippen molar-refractivity contribution in [2.45, 2.75) is 12.5 Å². The Labute approximate surface area is 107 Å². The van der Waals surface area contributed by atoms with Crippen LogP contribution in [0.25, 0.3) is 0 Å². The fourth-order valence-corrected chi connectivity index (χ4v) is 3.04. The first kappa shape index (κ1) is 12.6. The van der Waals surface area contributed by atoms with E-state index < -0.39 is 0 Å². The van der Waals surface area contributed by atoms with E-state index in [0.29, 0.717) is 12.6 Å². The molecule has 0 aromatic heterocycles. The molecule has 1 N–H and O–H groups in total. The first-order chi connectivity index (χ1) is 8.40. The zero-order valence-electron chi connectivity index (χ0n) is 10.1. The number of para-hydroxylation sites is 2. The van der Waals surface area contributed by atoms with Crippen LogP contribution in [0.3, 0.4) is 0 Å². The van der Waals surface area contributed by atoms with Crippen LogP contribution >= 0.6 is 11.8 Å². The van der Waals surface area contributed by atoms with Crippen LogP contribution in [0, 0.1) is 0 Å². The molecule has 1 aliphatic rings. The Morgan fingerprint density at radius 3 is 2.88 bits per heavy atom. The molecular weight excluding hydrogens is 234 g/mol. The second-order valence-corrected chi connectivity index (χ2v) is 5.16. The lowest BCUT2D eigenvalue weighted by Gasteiger charge is -2.13. The Bertz CT molecular complexity index is 340. The van der Waals surface area contributed by atoms with Gasteiger partial charge >= 0.3 is 0 Å². The topological polar surface area (TPSA) is 30.5 Å². The number of hydrogen-bond acceptors (Lipinski definition) is 4. The summed E-state index contributed by atoms with van der Waals surface area (Å²) in [6.07, 6.45) is 1.28. The summed E-state index contributed by atoms with van der Waals surface area (Å²) in [5.74, 6) is 4.13. The highest BCUT2D eigenvalue weighted by molar-refractivity contribution is 7.99. The molecule has 1 aliphatic heterocycles. The van der Waals surface area contributed by atoms with E-state index >= 15 is 0 Å². The maximum Gasteiger partial charge on any atom is 0.161 e. The fourth-order valence-electron chi connectivity index (χ4n) is 1.86. The number of ether oxygens (including phenoxy) is 2. The summed E-state index contributed by atoms with van der Waals surface area (Å²) in [6.45, 7) is 1.57. The number of thioether (sulfide) groups is 1. The van der Waals surface area contributed by atoms with Gasteiger partial charge in [-0.1, -0.05) is 12.1 Å². The van der Waals surface area contributed by atoms with E-state index in [1.807, 2.05) is 36.0 Å². The van der Waals surface area contributed by atoms with Crippen molar-refractivity contribution < 1.29 is 9.47 Å². The Hall–Kier alpha value is -0.870. The van der Waals surface area contributed by atoms with Gasteiger partial charge in [0, 0.05) is 18.3 Å². The van der Waals surface area contributed by atoms with E-state index in [1.165, 1.54) is 17.9 Å². The second kappa shape index (κ2) is 6.77. The Morgan fingerprint density at radius 1 is 1.35 bits per heavy atom. The van der Waals surface area contributed by atoms with Crippen LogP contribution in [-0.2, 0) is 0 Å². The van der Waals surface area contributed by atoms with Gasteiger partial charge in [0.25, 0.3) is 0 Å². The van der Waals surface area contributed by atoms with E-state index in [0.717, 1.165) is 18.0 Å². The van der Waals surface area contributed by atoms with Crippen molar-refractivity contribution in [3.8, 4) is 11.5 Å². The minimum absolute atomic E-state index is 0.668. The number of hydrogen-bond donors (Lipinski definition) is 1. The number of rotatable bonds is 6. The molecule has 0 radical (unpaired) electrons. The summed E-state index contributed by atoms with van der Waals surface area (Å²) < 4.78 is 10.9. The predicted octanol–water partition coefficient (Wildman–Crippen LogP) is 2.17. The average molecular weight is 253 g/mol. The van der Waals surface area contributed by atoms with Gasteiger partial charge in [-0.2, -0.15) is 11.8 Å². The Balaban J connectivity index is 1.70. The third kappa shape index (κ3) is 3.82. The van der Waals surface area contributed by atoms with Crippen LogP contribution in [0.4, 0.5) is 0 Å². The van der Waals surface area contributed by atoms with Crippen molar-refractivity contribution in [1.29, 1.82) is 0 Å². The minimum Gasteiger partial charge on any atom is -0.493 e. The first-order valence-corrected chi connectivity index (χ1v) is 7.12. The van der Waals surface area contributed by atoms with Crippen molar-refractivity contribution in [2.24, 2.45) is 0 Å². The standard InChI is InChI=1S/C13H19NO2S/c1-15-12-4-2-3-5-13(12)16-8-7-14-11-6-9-17-10-11/h2-5,11,14H,6-10H2,1H3. The molecule has 1 fully saturated rings. The van der Waals surface area contributed by atoms with E-state index in [2.05, 4.69) is 5.32 Å². The summed E-state index contributed by atoms with van der Waals surface area (Å²) in [4.78, 5) is 0. The van der Waals surface area contributed by atoms with Crippen LogP contribution in [0.1, 0.15) is 6.42 Å². The Kier molecular flexibility index (Phi) is 5.01. The van der Waals surface area contributed by atoms with Gasteiger partial charge in [-0.3, -0.25) is 0 Å². The molecule has 94 valence electrons. The molecule has 0 bridgehead atoms. The van der Waals surface area contributed by atoms with Crippen molar-refractivity contribution in [3.63, 3.8) is 0 Å². The molecule has 1 heterocycles. The molecule has 1 atom stereocenters. The number of benzene rings is 1. The molecule has 3 nitrogen and oxygen atoms in total. The van der Waals surface area contributed by atoms with Gasteiger partial charge in [-0.05, 0) is 24.3 Å². The summed E-state index contributed by atoms with van der Waals surface area (Å²) in [5.41, 5.74) is 0. The molecule has 0 aliphatic carbocycles. The minimum atomic E-state index is 0.668. The maximum absolute atomic E-state index is 5.69. The number of nitrogens with one attached hydrogen (secondary N) is 1. The fraction of sp³-hybridized carbons (Fsp3) is 0.538. The van der Waals surface area contributed by atoms with Crippen LogP contribution in [-0.4, -0.2) is 37.8 Å². The number of methoxy groups -OCH3 is 1. The SMILES string of the molecule is COc1ccccc1OCCNC1CCSC1. The lowest BCUT2D eigenvalue weighted by atomic mass is 10.3. The van der Waals surface area contributed by atoms with Gasteiger partial charge in [0.2, 0.25) is 0 Å². The predicted molar refractivity (Wildman–Crippen MR) is 72.2 cm³/mol. The second-order valence-electron chi connectivity index (χ2n) is 4.01. The molecule has 1 aromatic rings. The maximum atomic E-state index is 5.69. The zero-order valence-corrected chi connectivity index (χ0v) is 11.0. The smallest absolute Gasteiger partial charge is 0.161 e. The van der Waals surface area contributed by atoms with Crippen molar-refractivity contribution in [1.82, 2.24) is 5.32 Å². The van der Waals surface area contributed by atoms with Crippen LogP contribution in [0.2, 0.25) is 0 Å². The molecule has 0 spiro atoms. The van der Waals surface area contributed by atoms with E-state index in [4.69, 9.17) is 9.47 Å². The highest BCUT2D eigenvalue weighted by Crippen LogP contribution is 2.25. The molecule has 2 rings (SSSR count). The molecular formula is C13H19NO2S. The molecule has 4 heteroatoms. The first-order valence-electron chi connectivity index (χ1n) is 5.97. The quantitative estimate of drug-likeness (QED) is 0.787. The average Bonchev–Trinajstić information content (AvgIpc) is 2.88. The highest BCUT2D eigenvalue weighted by Gasteiger charge is 2.13. The normalized spacial score (nSPS) is 19.2. The summed E-state index contributed by atoms with van der Waals surface area (Å²) in [7, 11) is 1.66. The summed E-state index contributed by atoms with van der Waals surface area (Å²) in [5, 5.41) is 3.50. The van der Waals surface area contributed by atoms with Crippen molar-refractivity contribution >= 4 is 11.8 Å². The van der Waals surface area contributed by atoms with E-state index in [9.17, 15) is 0 Å². The van der Waals surface area contributed by atoms with Gasteiger partial charge in [-0.15, -0.1) is 0 Å². The van der Waals surface area contributed by atoms with Crippen LogP contribution in [0.15, 0.2) is 24.3 Å². The molecule has 1 aromatic carbocycles. The molecule has 0 saturated carbocycles. The van der Waals surface area contributed by atoms with Crippen molar-refractivity contribution in [3.05, 3.63) is 24.3 Å². The van der Waals surface area contributed by atoms with Crippen molar-refractivity contribution in [2.75, 3.05) is 31.8 Å².